The maximum atomic E-state index is 11.4. The largest absolute Gasteiger partial charge is 0.450 e. The van der Waals surface area contributed by atoms with E-state index in [1.54, 1.807) is 4.72 Å². The van der Waals surface area contributed by atoms with Crippen molar-refractivity contribution >= 4 is 24.5 Å². The van der Waals surface area contributed by atoms with Crippen LogP contribution in [0.2, 0.25) is 0 Å². The van der Waals surface area contributed by atoms with Gasteiger partial charge in [-0.05, 0) is 0 Å². The smallest absolute Gasteiger partial charge is 0.302 e. The third-order valence-electron chi connectivity index (χ3n) is 0.762. The van der Waals surface area contributed by atoms with Crippen molar-refractivity contribution in [3.63, 3.8) is 0 Å². The average molecular weight is 187 g/mol. The van der Waals surface area contributed by atoms with Crippen LogP contribution in [0.5, 0.6) is 0 Å². The van der Waals surface area contributed by atoms with E-state index in [4.69, 9.17) is 0 Å². The minimum atomic E-state index is -4.94. The fourth-order valence-corrected chi connectivity index (χ4v) is 0.365. The maximum Gasteiger partial charge on any atom is 0.450 e. The Morgan fingerprint density at radius 3 is 2.09 bits per heavy atom. The van der Waals surface area contributed by atoms with Gasteiger partial charge in [-0.2, -0.15) is 13.2 Å². The molecule has 11 heavy (non-hydrogen) atoms. The van der Waals surface area contributed by atoms with Gasteiger partial charge in [0.15, 0.2) is 0 Å². The molecule has 3 nitrogen and oxygen atoms in total. The van der Waals surface area contributed by atoms with E-state index >= 15 is 0 Å². The first-order chi connectivity index (χ1) is 4.88. The molecule has 0 aliphatic carbocycles. The number of hydrogen-bond donors (Lipinski definition) is 2. The standard InChI is InChI=1S/C4H4F3NO2S/c5-4(6,7)2(9)1-3(10)8-11/h11H,1H2,(H,8,10). The molecular weight excluding hydrogens is 183 g/mol. The molecule has 1 N–H and O–H groups in total. The summed E-state index contributed by atoms with van der Waals surface area (Å²) < 4.78 is 35.8. The third kappa shape index (κ3) is 3.87. The number of halogens is 3. The molecule has 0 aliphatic heterocycles. The monoisotopic (exact) mass is 187 g/mol. The van der Waals surface area contributed by atoms with Gasteiger partial charge in [-0.3, -0.25) is 9.59 Å². The van der Waals surface area contributed by atoms with E-state index in [0.717, 1.165) is 0 Å². The quantitative estimate of drug-likeness (QED) is 0.487. The zero-order valence-corrected chi connectivity index (χ0v) is 6.00. The lowest BCUT2D eigenvalue weighted by Gasteiger charge is -2.02. The summed E-state index contributed by atoms with van der Waals surface area (Å²) in [6.45, 7) is 0. The minimum Gasteiger partial charge on any atom is -0.302 e. The Bertz CT molecular complexity index is 179. The van der Waals surface area contributed by atoms with E-state index in [-0.39, 0.29) is 0 Å². The number of Topliss-reactive ketones (excluding diaryl/α,β-unsaturated/α-hetero) is 1. The Morgan fingerprint density at radius 2 is 1.82 bits per heavy atom. The van der Waals surface area contributed by atoms with Gasteiger partial charge < -0.3 is 4.72 Å². The lowest BCUT2D eigenvalue weighted by atomic mass is 10.3. The third-order valence-corrected chi connectivity index (χ3v) is 1.01. The number of alkyl halides is 3. The minimum absolute atomic E-state index is 1.07. The molecule has 0 atom stereocenters. The number of ketones is 1. The molecule has 0 saturated carbocycles. The van der Waals surface area contributed by atoms with E-state index in [2.05, 4.69) is 12.8 Å². The Balaban J connectivity index is 3.99. The van der Waals surface area contributed by atoms with E-state index in [9.17, 15) is 22.8 Å². The van der Waals surface area contributed by atoms with Crippen LogP contribution in [-0.4, -0.2) is 17.9 Å². The number of rotatable bonds is 2. The molecule has 64 valence electrons. The highest BCUT2D eigenvalue weighted by molar-refractivity contribution is 7.78. The summed E-state index contributed by atoms with van der Waals surface area (Å²) in [5.41, 5.74) is 0. The van der Waals surface area contributed by atoms with Crippen LogP contribution in [0.4, 0.5) is 13.2 Å². The van der Waals surface area contributed by atoms with Crippen LogP contribution in [0.3, 0.4) is 0 Å². The Morgan fingerprint density at radius 1 is 1.36 bits per heavy atom. The molecule has 0 spiro atoms. The Labute approximate surface area is 65.5 Å². The van der Waals surface area contributed by atoms with Crippen LogP contribution in [0.25, 0.3) is 0 Å². The van der Waals surface area contributed by atoms with Gasteiger partial charge in [0.2, 0.25) is 11.7 Å². The van der Waals surface area contributed by atoms with Crippen LogP contribution in [0.15, 0.2) is 0 Å². The molecule has 0 unspecified atom stereocenters. The van der Waals surface area contributed by atoms with Crippen molar-refractivity contribution < 1.29 is 22.8 Å². The fourth-order valence-electron chi connectivity index (χ4n) is 0.286. The number of carbonyl (C=O) groups excluding carboxylic acids is 2. The number of nitrogens with one attached hydrogen (secondary N) is 1. The van der Waals surface area contributed by atoms with E-state index in [0.29, 0.717) is 0 Å². The van der Waals surface area contributed by atoms with Gasteiger partial charge in [0.25, 0.3) is 0 Å². The first-order valence-corrected chi connectivity index (χ1v) is 2.85. The molecular formula is C4H4F3NO2S. The summed E-state index contributed by atoms with van der Waals surface area (Å²) in [4.78, 5) is 20.2. The van der Waals surface area contributed by atoms with Crippen molar-refractivity contribution in [2.45, 2.75) is 12.6 Å². The van der Waals surface area contributed by atoms with Gasteiger partial charge in [0.05, 0.1) is 6.42 Å². The van der Waals surface area contributed by atoms with Crippen molar-refractivity contribution in [1.29, 1.82) is 0 Å². The highest BCUT2D eigenvalue weighted by atomic mass is 32.1. The summed E-state index contributed by atoms with van der Waals surface area (Å²) in [6.07, 6.45) is -6.16. The number of carbonyl (C=O) groups is 2. The first-order valence-electron chi connectivity index (χ1n) is 2.41. The number of hydrogen-bond acceptors (Lipinski definition) is 3. The van der Waals surface area contributed by atoms with Crippen molar-refractivity contribution in [1.82, 2.24) is 4.72 Å². The van der Waals surface area contributed by atoms with Gasteiger partial charge in [-0.1, -0.05) is 12.8 Å². The van der Waals surface area contributed by atoms with Crippen molar-refractivity contribution in [3.05, 3.63) is 0 Å². The second-order valence-corrected chi connectivity index (χ2v) is 1.86. The van der Waals surface area contributed by atoms with Gasteiger partial charge in [-0.15, -0.1) is 0 Å². The molecule has 0 fully saturated rings. The molecule has 0 bridgehead atoms. The predicted molar refractivity (Wildman–Crippen MR) is 32.8 cm³/mol. The second-order valence-electron chi connectivity index (χ2n) is 1.63. The van der Waals surface area contributed by atoms with E-state index in [1.165, 1.54) is 0 Å². The van der Waals surface area contributed by atoms with Crippen molar-refractivity contribution in [3.8, 4) is 0 Å². The van der Waals surface area contributed by atoms with Gasteiger partial charge in [0, 0.05) is 0 Å². The van der Waals surface area contributed by atoms with Gasteiger partial charge in [-0.25, -0.2) is 0 Å². The molecule has 0 saturated heterocycles. The molecule has 0 aromatic rings. The maximum absolute atomic E-state index is 11.4. The lowest BCUT2D eigenvalue weighted by molar-refractivity contribution is -0.171. The summed E-state index contributed by atoms with van der Waals surface area (Å²) in [6, 6.07) is 0. The van der Waals surface area contributed by atoms with Crippen LogP contribution >= 0.6 is 12.8 Å². The topological polar surface area (TPSA) is 46.2 Å². The van der Waals surface area contributed by atoms with Crippen LogP contribution in [0, 0.1) is 0 Å². The van der Waals surface area contributed by atoms with Crippen molar-refractivity contribution in [2.75, 3.05) is 0 Å². The molecule has 1 amide bonds. The van der Waals surface area contributed by atoms with Crippen molar-refractivity contribution in [2.24, 2.45) is 0 Å². The zero-order chi connectivity index (χ0) is 9.07. The lowest BCUT2D eigenvalue weighted by Crippen LogP contribution is -2.28. The molecule has 0 aromatic heterocycles. The van der Waals surface area contributed by atoms with Gasteiger partial charge in [0.1, 0.15) is 0 Å². The van der Waals surface area contributed by atoms with Gasteiger partial charge >= 0.3 is 6.18 Å². The fraction of sp³-hybridized carbons (Fsp3) is 0.500. The van der Waals surface area contributed by atoms with Crippen LogP contribution < -0.4 is 4.72 Å². The average Bonchev–Trinajstić information content (AvgIpc) is 1.85. The molecule has 0 heterocycles. The molecule has 0 aliphatic rings. The second kappa shape index (κ2) is 3.61. The normalized spacial score (nSPS) is 10.9. The molecule has 7 heteroatoms. The highest BCUT2D eigenvalue weighted by Crippen LogP contribution is 2.17. The summed E-state index contributed by atoms with van der Waals surface area (Å²) in [5.74, 6) is -3.15. The Kier molecular flexibility index (Phi) is 3.37. The highest BCUT2D eigenvalue weighted by Gasteiger charge is 2.38. The molecule has 0 aromatic carbocycles. The van der Waals surface area contributed by atoms with E-state index in [1.807, 2.05) is 0 Å². The SMILES string of the molecule is O=C(CC(=O)C(F)(F)F)NS. The summed E-state index contributed by atoms with van der Waals surface area (Å²) in [7, 11) is 0. The number of amides is 1. The molecule has 0 rings (SSSR count). The number of thiol groups is 1. The van der Waals surface area contributed by atoms with Crippen LogP contribution in [0.1, 0.15) is 6.42 Å². The predicted octanol–water partition coefficient (Wildman–Crippen LogP) is 0.469. The summed E-state index contributed by atoms with van der Waals surface area (Å²) in [5, 5.41) is 0. The summed E-state index contributed by atoms with van der Waals surface area (Å²) >= 11 is 3.17. The Hall–Kier alpha value is -0.720. The van der Waals surface area contributed by atoms with Crippen LogP contribution in [-0.2, 0) is 9.59 Å². The first kappa shape index (κ1) is 10.3. The molecule has 0 radical (unpaired) electrons. The zero-order valence-electron chi connectivity index (χ0n) is 5.10. The van der Waals surface area contributed by atoms with E-state index < -0.39 is 24.3 Å².